The second-order valence-corrected chi connectivity index (χ2v) is 6.75. The van der Waals surface area contributed by atoms with Gasteiger partial charge in [0.2, 0.25) is 0 Å². The van der Waals surface area contributed by atoms with E-state index in [9.17, 15) is 8.60 Å². The number of nitrogens with two attached hydrogens (primary N) is 1. The topological polar surface area (TPSA) is 52.3 Å². The zero-order valence-corrected chi connectivity index (χ0v) is 12.6. The quantitative estimate of drug-likeness (QED) is 0.881. The van der Waals surface area contributed by atoms with Gasteiger partial charge in [-0.2, -0.15) is 0 Å². The third kappa shape index (κ3) is 3.04. The molecule has 0 aromatic heterocycles. The van der Waals surface area contributed by atoms with Crippen molar-refractivity contribution in [3.63, 3.8) is 0 Å². The monoisotopic (exact) mass is 325 g/mol. The van der Waals surface area contributed by atoms with Crippen LogP contribution >= 0.6 is 11.6 Å². The zero-order chi connectivity index (χ0) is 15.0. The third-order valence-corrected chi connectivity index (χ3v) is 4.82. The van der Waals surface area contributed by atoms with Crippen molar-refractivity contribution in [2.75, 3.05) is 12.3 Å². The number of halogens is 2. The molecule has 6 heteroatoms. The highest BCUT2D eigenvalue weighted by molar-refractivity contribution is 7.84. The third-order valence-electron chi connectivity index (χ3n) is 3.27. The molecule has 0 fully saturated rings. The van der Waals surface area contributed by atoms with Gasteiger partial charge in [-0.15, -0.1) is 0 Å². The van der Waals surface area contributed by atoms with Crippen molar-refractivity contribution in [3.8, 4) is 5.75 Å². The smallest absolute Gasteiger partial charge is 0.126 e. The summed E-state index contributed by atoms with van der Waals surface area (Å²) in [5.41, 5.74) is 7.64. The number of benzene rings is 2. The highest BCUT2D eigenvalue weighted by Gasteiger charge is 2.19. The van der Waals surface area contributed by atoms with Crippen molar-refractivity contribution < 1.29 is 13.3 Å². The summed E-state index contributed by atoms with van der Waals surface area (Å²) >= 11 is 6.07. The van der Waals surface area contributed by atoms with Crippen LogP contribution in [0.1, 0.15) is 11.1 Å². The summed E-state index contributed by atoms with van der Waals surface area (Å²) < 4.78 is 31.3. The van der Waals surface area contributed by atoms with E-state index in [2.05, 4.69) is 0 Å². The first-order valence-electron chi connectivity index (χ1n) is 6.41. The van der Waals surface area contributed by atoms with Gasteiger partial charge >= 0.3 is 0 Å². The number of anilines is 1. The van der Waals surface area contributed by atoms with E-state index < -0.39 is 16.6 Å². The van der Waals surface area contributed by atoms with Crippen LogP contribution in [0.4, 0.5) is 10.1 Å². The van der Waals surface area contributed by atoms with E-state index >= 15 is 0 Å². The lowest BCUT2D eigenvalue weighted by molar-refractivity contribution is 0.354. The Balaban J connectivity index is 1.92. The van der Waals surface area contributed by atoms with E-state index in [-0.39, 0.29) is 11.4 Å². The normalized spacial score (nSPS) is 14.6. The Morgan fingerprint density at radius 2 is 2.10 bits per heavy atom. The molecule has 0 bridgehead atoms. The van der Waals surface area contributed by atoms with Gasteiger partial charge in [0.05, 0.1) is 23.2 Å². The number of hydrogen-bond acceptors (Lipinski definition) is 3. The largest absolute Gasteiger partial charge is 0.493 e. The van der Waals surface area contributed by atoms with Gasteiger partial charge in [-0.3, -0.25) is 4.21 Å². The molecule has 0 saturated carbocycles. The molecule has 0 amide bonds. The van der Waals surface area contributed by atoms with Gasteiger partial charge < -0.3 is 10.5 Å². The van der Waals surface area contributed by atoms with Crippen molar-refractivity contribution in [3.05, 3.63) is 52.3 Å². The maximum Gasteiger partial charge on any atom is 0.126 e. The molecule has 1 unspecified atom stereocenters. The Hall–Kier alpha value is -1.59. The Bertz CT molecular complexity index is 716. The molecule has 1 aliphatic heterocycles. The molecule has 3 nitrogen and oxygen atoms in total. The minimum atomic E-state index is -1.41. The van der Waals surface area contributed by atoms with Crippen LogP contribution in [0.15, 0.2) is 35.2 Å². The Kier molecular flexibility index (Phi) is 3.87. The highest BCUT2D eigenvalue weighted by atomic mass is 35.5. The van der Waals surface area contributed by atoms with Crippen molar-refractivity contribution in [2.24, 2.45) is 0 Å². The minimum Gasteiger partial charge on any atom is -0.493 e. The molecule has 1 heterocycles. The lowest BCUT2D eigenvalue weighted by Crippen LogP contribution is -2.01. The molecule has 2 N–H and O–H groups in total. The fourth-order valence-electron chi connectivity index (χ4n) is 2.39. The van der Waals surface area contributed by atoms with Gasteiger partial charge in [-0.25, -0.2) is 4.39 Å². The number of fused-ring (bicyclic) bond motifs is 1. The Morgan fingerprint density at radius 1 is 1.29 bits per heavy atom. The standard InChI is InChI=1S/C15H13ClFNO2S/c16-11-3-9-1-2-20-15(9)10(4-11)8-21(19)14-6-12(17)5-13(18)7-14/h3-7H,1-2,8,18H2. The average molecular weight is 326 g/mol. The first-order chi connectivity index (χ1) is 10.0. The van der Waals surface area contributed by atoms with Gasteiger partial charge in [0.1, 0.15) is 11.6 Å². The molecule has 1 atom stereocenters. The van der Waals surface area contributed by atoms with Gasteiger partial charge in [-0.1, -0.05) is 11.6 Å². The second-order valence-electron chi connectivity index (χ2n) is 4.86. The average Bonchev–Trinajstić information content (AvgIpc) is 2.85. The lowest BCUT2D eigenvalue weighted by Gasteiger charge is -2.09. The molecule has 0 spiro atoms. The molecule has 21 heavy (non-hydrogen) atoms. The van der Waals surface area contributed by atoms with E-state index in [1.807, 2.05) is 6.07 Å². The van der Waals surface area contributed by atoms with Crippen molar-refractivity contribution >= 4 is 28.1 Å². The summed E-state index contributed by atoms with van der Waals surface area (Å²) in [5.74, 6) is 0.467. The zero-order valence-electron chi connectivity index (χ0n) is 11.1. The van der Waals surface area contributed by atoms with Crippen molar-refractivity contribution in [1.29, 1.82) is 0 Å². The van der Waals surface area contributed by atoms with Crippen LogP contribution < -0.4 is 10.5 Å². The van der Waals surface area contributed by atoms with Crippen LogP contribution in [-0.4, -0.2) is 10.8 Å². The molecule has 2 aromatic carbocycles. The maximum atomic E-state index is 13.4. The number of nitrogen functional groups attached to an aromatic ring is 1. The highest BCUT2D eigenvalue weighted by Crippen LogP contribution is 2.34. The SMILES string of the molecule is Nc1cc(F)cc(S(=O)Cc2cc(Cl)cc3c2OCC3)c1. The predicted octanol–water partition coefficient (Wildman–Crippen LogP) is 3.30. The summed E-state index contributed by atoms with van der Waals surface area (Å²) in [4.78, 5) is 0.360. The van der Waals surface area contributed by atoms with Crippen LogP contribution in [0, 0.1) is 5.82 Å². The fourth-order valence-corrected chi connectivity index (χ4v) is 3.83. The Labute approximate surface area is 129 Å². The fraction of sp³-hybridized carbons (Fsp3) is 0.200. The first kappa shape index (κ1) is 14.4. The van der Waals surface area contributed by atoms with E-state index in [0.717, 1.165) is 23.3 Å². The van der Waals surface area contributed by atoms with Gasteiger partial charge in [-0.05, 0) is 35.9 Å². The van der Waals surface area contributed by atoms with Crippen molar-refractivity contribution in [2.45, 2.75) is 17.1 Å². The van der Waals surface area contributed by atoms with Gasteiger partial charge in [0.25, 0.3) is 0 Å². The summed E-state index contributed by atoms with van der Waals surface area (Å²) in [7, 11) is -1.41. The van der Waals surface area contributed by atoms with Crippen LogP contribution in [-0.2, 0) is 23.0 Å². The predicted molar refractivity (Wildman–Crippen MR) is 81.6 cm³/mol. The summed E-state index contributed by atoms with van der Waals surface area (Å²) in [6, 6.07) is 7.55. The van der Waals surface area contributed by atoms with Gasteiger partial charge in [0.15, 0.2) is 0 Å². The summed E-state index contributed by atoms with van der Waals surface area (Å²) in [6.45, 7) is 0.599. The second kappa shape index (κ2) is 5.66. The van der Waals surface area contributed by atoms with Gasteiger partial charge in [0, 0.05) is 27.6 Å². The maximum absolute atomic E-state index is 13.4. The van der Waals surface area contributed by atoms with E-state index in [4.69, 9.17) is 22.1 Å². The molecular formula is C15H13ClFNO2S. The molecule has 3 rings (SSSR count). The van der Waals surface area contributed by atoms with Crippen LogP contribution in [0.5, 0.6) is 5.75 Å². The molecular weight excluding hydrogens is 313 g/mol. The minimum absolute atomic E-state index is 0.214. The van der Waals surface area contributed by atoms with E-state index in [1.54, 1.807) is 6.07 Å². The van der Waals surface area contributed by atoms with Crippen LogP contribution in [0.3, 0.4) is 0 Å². The summed E-state index contributed by atoms with van der Waals surface area (Å²) in [5, 5.41) is 0.588. The molecule has 0 aliphatic carbocycles. The summed E-state index contributed by atoms with van der Waals surface area (Å²) in [6.07, 6.45) is 0.794. The number of ether oxygens (including phenoxy) is 1. The molecule has 2 aromatic rings. The van der Waals surface area contributed by atoms with Crippen molar-refractivity contribution in [1.82, 2.24) is 0 Å². The van der Waals surface area contributed by atoms with Crippen LogP contribution in [0.25, 0.3) is 0 Å². The molecule has 1 aliphatic rings. The Morgan fingerprint density at radius 3 is 2.86 bits per heavy atom. The molecule has 110 valence electrons. The molecule has 0 radical (unpaired) electrons. The number of hydrogen-bond donors (Lipinski definition) is 1. The number of rotatable bonds is 3. The molecule has 0 saturated heterocycles. The van der Waals surface area contributed by atoms with E-state index in [0.29, 0.717) is 16.5 Å². The van der Waals surface area contributed by atoms with Crippen LogP contribution in [0.2, 0.25) is 5.02 Å². The lowest BCUT2D eigenvalue weighted by atomic mass is 10.1. The first-order valence-corrected chi connectivity index (χ1v) is 8.11. The van der Waals surface area contributed by atoms with E-state index in [1.165, 1.54) is 18.2 Å².